The maximum Gasteiger partial charge on any atom is 0.122 e. The Kier molecular flexibility index (Phi) is 3.71. The van der Waals surface area contributed by atoms with Crippen molar-refractivity contribution in [3.05, 3.63) is 45.9 Å². The van der Waals surface area contributed by atoms with Gasteiger partial charge in [0.2, 0.25) is 0 Å². The van der Waals surface area contributed by atoms with Crippen LogP contribution >= 0.6 is 23.6 Å². The zero-order valence-electron chi connectivity index (χ0n) is 9.43. The highest BCUT2D eigenvalue weighted by atomic mass is 32.1. The van der Waals surface area contributed by atoms with Gasteiger partial charge >= 0.3 is 0 Å². The molecule has 88 valence electrons. The van der Waals surface area contributed by atoms with Gasteiger partial charge in [0.1, 0.15) is 4.99 Å². The Balaban J connectivity index is 2.04. The Morgan fingerprint density at radius 3 is 2.94 bits per heavy atom. The molecule has 0 amide bonds. The van der Waals surface area contributed by atoms with Gasteiger partial charge in [0.15, 0.2) is 0 Å². The molecule has 0 saturated heterocycles. The van der Waals surface area contributed by atoms with E-state index in [9.17, 15) is 0 Å². The van der Waals surface area contributed by atoms with Crippen LogP contribution in [0.3, 0.4) is 0 Å². The number of nitrogens with two attached hydrogens (primary N) is 1. The normalized spacial score (nSPS) is 10.2. The van der Waals surface area contributed by atoms with Gasteiger partial charge in [0.25, 0.3) is 0 Å². The minimum atomic E-state index is 0.320. The Morgan fingerprint density at radius 2 is 2.29 bits per heavy atom. The van der Waals surface area contributed by atoms with E-state index < -0.39 is 0 Å². The number of nitrogens with one attached hydrogen (secondary N) is 1. The number of thiophene rings is 1. The number of pyridine rings is 1. The minimum Gasteiger partial charge on any atom is -0.388 e. The fourth-order valence-corrected chi connectivity index (χ4v) is 2.39. The fraction of sp³-hybridized carbons (Fsp3) is 0.167. The van der Waals surface area contributed by atoms with Crippen LogP contribution in [0.2, 0.25) is 0 Å². The lowest BCUT2D eigenvalue weighted by molar-refractivity contribution is 1.18. The minimum absolute atomic E-state index is 0.320. The van der Waals surface area contributed by atoms with Gasteiger partial charge in [-0.25, -0.2) is 0 Å². The molecule has 0 fully saturated rings. The molecule has 0 aliphatic heterocycles. The van der Waals surface area contributed by atoms with E-state index in [0.29, 0.717) is 10.7 Å². The van der Waals surface area contributed by atoms with Crippen LogP contribution < -0.4 is 11.1 Å². The van der Waals surface area contributed by atoms with Crippen molar-refractivity contribution in [2.75, 3.05) is 5.32 Å². The van der Waals surface area contributed by atoms with Crippen molar-refractivity contribution < 1.29 is 0 Å². The molecular formula is C12H13N3S2. The summed E-state index contributed by atoms with van der Waals surface area (Å²) < 4.78 is 0. The van der Waals surface area contributed by atoms with Gasteiger partial charge in [-0.2, -0.15) is 0 Å². The number of anilines is 1. The molecule has 0 saturated carbocycles. The number of aryl methyl sites for hydroxylation is 1. The number of hydrogen-bond donors (Lipinski definition) is 2. The molecule has 0 aliphatic rings. The smallest absolute Gasteiger partial charge is 0.122 e. The number of rotatable bonds is 4. The third kappa shape index (κ3) is 3.25. The number of thiocarbonyl (C=S) groups is 1. The van der Waals surface area contributed by atoms with E-state index in [2.05, 4.69) is 29.4 Å². The maximum atomic E-state index is 5.54. The van der Waals surface area contributed by atoms with Crippen LogP contribution in [0, 0.1) is 6.92 Å². The first-order chi connectivity index (χ1) is 8.15. The Bertz CT molecular complexity index is 534. The second-order valence-corrected chi connectivity index (χ2v) is 5.47. The highest BCUT2D eigenvalue weighted by Gasteiger charge is 2.01. The molecule has 5 heteroatoms. The number of aromatic nitrogens is 1. The molecule has 0 bridgehead atoms. The highest BCUT2D eigenvalue weighted by Crippen LogP contribution is 2.17. The van der Waals surface area contributed by atoms with E-state index in [1.807, 2.05) is 12.1 Å². The molecule has 0 aliphatic carbocycles. The molecule has 3 nitrogen and oxygen atoms in total. The average Bonchev–Trinajstić information content (AvgIpc) is 2.73. The molecule has 0 unspecified atom stereocenters. The van der Waals surface area contributed by atoms with Gasteiger partial charge in [0, 0.05) is 28.2 Å². The predicted molar refractivity (Wildman–Crippen MR) is 76.5 cm³/mol. The second-order valence-electron chi connectivity index (χ2n) is 3.66. The maximum absolute atomic E-state index is 5.54. The summed E-state index contributed by atoms with van der Waals surface area (Å²) in [5, 5.41) is 3.32. The lowest BCUT2D eigenvalue weighted by Gasteiger charge is -2.05. The van der Waals surface area contributed by atoms with Crippen molar-refractivity contribution >= 4 is 34.2 Å². The van der Waals surface area contributed by atoms with Crippen LogP contribution in [0.1, 0.15) is 15.4 Å². The summed E-state index contributed by atoms with van der Waals surface area (Å²) in [6.45, 7) is 2.91. The van der Waals surface area contributed by atoms with Crippen LogP contribution in [0.4, 0.5) is 5.69 Å². The standard InChI is InChI=1S/C12H13N3S2/c1-8-2-3-10(17-8)7-15-9-4-5-14-11(6-9)12(13)16/h2-6H,7H2,1H3,(H2,13,16)(H,14,15). The van der Waals surface area contributed by atoms with Gasteiger partial charge in [-0.1, -0.05) is 12.2 Å². The lowest BCUT2D eigenvalue weighted by atomic mass is 10.3. The topological polar surface area (TPSA) is 50.9 Å². The van der Waals surface area contributed by atoms with E-state index >= 15 is 0 Å². The molecule has 2 aromatic heterocycles. The summed E-state index contributed by atoms with van der Waals surface area (Å²) in [6, 6.07) is 8.02. The van der Waals surface area contributed by atoms with Crippen LogP contribution in [0.5, 0.6) is 0 Å². The van der Waals surface area contributed by atoms with Crippen LogP contribution in [-0.4, -0.2) is 9.97 Å². The van der Waals surface area contributed by atoms with E-state index in [1.165, 1.54) is 9.75 Å². The summed E-state index contributed by atoms with van der Waals surface area (Å²) >= 11 is 6.68. The number of hydrogen-bond acceptors (Lipinski definition) is 4. The van der Waals surface area contributed by atoms with E-state index in [1.54, 1.807) is 17.5 Å². The summed E-state index contributed by atoms with van der Waals surface area (Å²) in [5.74, 6) is 0. The van der Waals surface area contributed by atoms with Gasteiger partial charge in [-0.05, 0) is 31.2 Å². The van der Waals surface area contributed by atoms with Crippen molar-refractivity contribution in [2.24, 2.45) is 5.73 Å². The summed E-state index contributed by atoms with van der Waals surface area (Å²) in [7, 11) is 0. The van der Waals surface area contributed by atoms with Gasteiger partial charge in [-0.15, -0.1) is 11.3 Å². The van der Waals surface area contributed by atoms with Crippen LogP contribution in [0.25, 0.3) is 0 Å². The molecule has 2 aromatic rings. The molecule has 2 rings (SSSR count). The molecule has 0 aromatic carbocycles. The second kappa shape index (κ2) is 5.25. The van der Waals surface area contributed by atoms with E-state index in [-0.39, 0.29) is 0 Å². The fourth-order valence-electron chi connectivity index (χ4n) is 1.44. The zero-order chi connectivity index (χ0) is 12.3. The predicted octanol–water partition coefficient (Wildman–Crippen LogP) is 2.70. The third-order valence-electron chi connectivity index (χ3n) is 2.28. The van der Waals surface area contributed by atoms with Gasteiger partial charge < -0.3 is 11.1 Å². The molecular weight excluding hydrogens is 250 g/mol. The Hall–Kier alpha value is -1.46. The van der Waals surface area contributed by atoms with Crippen molar-refractivity contribution in [2.45, 2.75) is 13.5 Å². The summed E-state index contributed by atoms with van der Waals surface area (Å²) in [6.07, 6.45) is 1.70. The van der Waals surface area contributed by atoms with Crippen LogP contribution in [0.15, 0.2) is 30.5 Å². The largest absolute Gasteiger partial charge is 0.388 e. The van der Waals surface area contributed by atoms with Gasteiger partial charge in [-0.3, -0.25) is 4.98 Å². The lowest BCUT2D eigenvalue weighted by Crippen LogP contribution is -2.11. The molecule has 0 atom stereocenters. The number of nitrogens with zero attached hydrogens (tertiary/aromatic N) is 1. The molecule has 17 heavy (non-hydrogen) atoms. The van der Waals surface area contributed by atoms with Crippen molar-refractivity contribution in [1.29, 1.82) is 0 Å². The Morgan fingerprint density at radius 1 is 1.47 bits per heavy atom. The Labute approximate surface area is 110 Å². The quantitative estimate of drug-likeness (QED) is 0.833. The first kappa shape index (κ1) is 12.0. The monoisotopic (exact) mass is 263 g/mol. The molecule has 0 radical (unpaired) electrons. The molecule has 0 spiro atoms. The van der Waals surface area contributed by atoms with Crippen molar-refractivity contribution in [3.63, 3.8) is 0 Å². The summed E-state index contributed by atoms with van der Waals surface area (Å²) in [5.41, 5.74) is 7.16. The van der Waals surface area contributed by atoms with E-state index in [0.717, 1.165) is 12.2 Å². The molecule has 3 N–H and O–H groups in total. The van der Waals surface area contributed by atoms with Crippen molar-refractivity contribution in [3.8, 4) is 0 Å². The zero-order valence-corrected chi connectivity index (χ0v) is 11.1. The van der Waals surface area contributed by atoms with Gasteiger partial charge in [0.05, 0.1) is 5.69 Å². The van der Waals surface area contributed by atoms with Crippen LogP contribution in [-0.2, 0) is 6.54 Å². The summed E-state index contributed by atoms with van der Waals surface area (Å²) in [4.78, 5) is 7.04. The van der Waals surface area contributed by atoms with Crippen molar-refractivity contribution in [1.82, 2.24) is 4.98 Å². The third-order valence-corrected chi connectivity index (χ3v) is 3.48. The SMILES string of the molecule is Cc1ccc(CNc2ccnc(C(N)=S)c2)s1. The molecule has 2 heterocycles. The first-order valence-electron chi connectivity index (χ1n) is 5.20. The first-order valence-corrected chi connectivity index (χ1v) is 6.42. The average molecular weight is 263 g/mol. The van der Waals surface area contributed by atoms with E-state index in [4.69, 9.17) is 18.0 Å². The highest BCUT2D eigenvalue weighted by molar-refractivity contribution is 7.80.